The van der Waals surface area contributed by atoms with Gasteiger partial charge in [0.15, 0.2) is 5.03 Å². The summed E-state index contributed by atoms with van der Waals surface area (Å²) >= 11 is 0. The van der Waals surface area contributed by atoms with E-state index >= 15 is 0 Å². The molecule has 176 valence electrons. The first-order valence-corrected chi connectivity index (χ1v) is 13.1. The molecule has 4 N–H and O–H groups in total. The first-order valence-electron chi connectivity index (χ1n) is 10.2. The van der Waals surface area contributed by atoms with Gasteiger partial charge in [0, 0.05) is 44.1 Å². The minimum Gasteiger partial charge on any atom is -0.370 e. The van der Waals surface area contributed by atoms with Crippen LogP contribution >= 0.6 is 0 Å². The van der Waals surface area contributed by atoms with E-state index in [4.69, 9.17) is 0 Å². The van der Waals surface area contributed by atoms with Crippen molar-refractivity contribution < 1.29 is 16.8 Å². The van der Waals surface area contributed by atoms with Crippen LogP contribution in [0.2, 0.25) is 0 Å². The minimum atomic E-state index is -3.70. The highest BCUT2D eigenvalue weighted by atomic mass is 32.2. The summed E-state index contributed by atoms with van der Waals surface area (Å²) in [5.74, 6) is 0.837. The van der Waals surface area contributed by atoms with Crippen LogP contribution in [0, 0.1) is 0 Å². The number of anilines is 3. The van der Waals surface area contributed by atoms with E-state index in [0.717, 1.165) is 5.56 Å². The van der Waals surface area contributed by atoms with Crippen molar-refractivity contribution in [3.63, 3.8) is 0 Å². The summed E-state index contributed by atoms with van der Waals surface area (Å²) in [6.45, 7) is 0.856. The number of rotatable bonds is 5. The Bertz CT molecular complexity index is 1360. The number of hydrogen-bond acceptors (Lipinski definition) is 9. The Labute approximate surface area is 192 Å². The summed E-state index contributed by atoms with van der Waals surface area (Å²) in [4.78, 5) is 12.8. The van der Waals surface area contributed by atoms with Crippen molar-refractivity contribution in [3.8, 4) is 0 Å². The van der Waals surface area contributed by atoms with Crippen molar-refractivity contribution in [2.45, 2.75) is 22.8 Å². The molecule has 3 aromatic rings. The monoisotopic (exact) mass is 492 g/mol. The normalized spacial score (nSPS) is 15.9. The van der Waals surface area contributed by atoms with Crippen molar-refractivity contribution in [3.05, 3.63) is 48.5 Å². The number of sulfonamides is 2. The smallest absolute Gasteiger partial charge is 0.257 e. The standard InChI is InChI=1S/C19H24N8O4S2/c1-27-13-20-12-17(27)33(30,31)24-9-6-14-11-22-19-25-15-4-2-5-16(10-15)32(28,29)23-8-3-7-21-18(14)26-19/h2,4-5,10-13,23-24H,3,6-9H2,1H3,(H2,21,22,25,26). The summed E-state index contributed by atoms with van der Waals surface area (Å²) in [5.41, 5.74) is 1.25. The zero-order chi connectivity index (χ0) is 23.5. The third-order valence-electron chi connectivity index (χ3n) is 4.94. The van der Waals surface area contributed by atoms with Crippen LogP contribution < -0.4 is 20.1 Å². The van der Waals surface area contributed by atoms with E-state index in [1.165, 1.54) is 29.2 Å². The molecule has 33 heavy (non-hydrogen) atoms. The Hall–Kier alpha value is -3.07. The predicted octanol–water partition coefficient (Wildman–Crippen LogP) is 0.569. The van der Waals surface area contributed by atoms with Crippen molar-refractivity contribution in [2.75, 3.05) is 30.3 Å². The molecule has 12 nitrogen and oxygen atoms in total. The summed E-state index contributed by atoms with van der Waals surface area (Å²) in [6, 6.07) is 6.39. The maximum atomic E-state index is 12.5. The number of fused-ring (bicyclic) bond motifs is 4. The molecule has 0 saturated carbocycles. The first kappa shape index (κ1) is 23.1. The molecule has 0 radical (unpaired) electrons. The molecule has 3 heterocycles. The maximum Gasteiger partial charge on any atom is 0.257 e. The molecule has 4 rings (SSSR count). The third-order valence-corrected chi connectivity index (χ3v) is 7.92. The molecule has 1 aliphatic heterocycles. The summed E-state index contributed by atoms with van der Waals surface area (Å²) in [6.07, 6.45) is 5.20. The quantitative estimate of drug-likeness (QED) is 0.399. The molecule has 0 amide bonds. The van der Waals surface area contributed by atoms with Crippen LogP contribution in [-0.4, -0.2) is 56.0 Å². The van der Waals surface area contributed by atoms with Crippen LogP contribution in [-0.2, 0) is 33.5 Å². The zero-order valence-electron chi connectivity index (χ0n) is 17.8. The van der Waals surface area contributed by atoms with E-state index in [0.29, 0.717) is 36.8 Å². The summed E-state index contributed by atoms with van der Waals surface area (Å²) in [7, 11) is -5.71. The van der Waals surface area contributed by atoms with Gasteiger partial charge in [0.2, 0.25) is 16.0 Å². The Morgan fingerprint density at radius 2 is 2.06 bits per heavy atom. The van der Waals surface area contributed by atoms with Crippen LogP contribution in [0.25, 0.3) is 0 Å². The van der Waals surface area contributed by atoms with Gasteiger partial charge < -0.3 is 15.2 Å². The van der Waals surface area contributed by atoms with Crippen molar-refractivity contribution in [1.29, 1.82) is 0 Å². The van der Waals surface area contributed by atoms with Crippen molar-refractivity contribution in [2.24, 2.45) is 7.05 Å². The second-order valence-corrected chi connectivity index (χ2v) is 10.9. The van der Waals surface area contributed by atoms with Crippen LogP contribution in [0.4, 0.5) is 17.5 Å². The van der Waals surface area contributed by atoms with E-state index in [1.54, 1.807) is 25.4 Å². The third kappa shape index (κ3) is 5.47. The Morgan fingerprint density at radius 1 is 1.21 bits per heavy atom. The fourth-order valence-electron chi connectivity index (χ4n) is 3.26. The lowest BCUT2D eigenvalue weighted by Gasteiger charge is -2.13. The second kappa shape index (κ2) is 9.43. The summed E-state index contributed by atoms with van der Waals surface area (Å²) in [5, 5.41) is 6.29. The van der Waals surface area contributed by atoms with Crippen LogP contribution in [0.3, 0.4) is 0 Å². The highest BCUT2D eigenvalue weighted by molar-refractivity contribution is 7.89. The molecular formula is C19H24N8O4S2. The number of hydrogen-bond donors (Lipinski definition) is 4. The maximum absolute atomic E-state index is 12.5. The molecule has 0 fully saturated rings. The van der Waals surface area contributed by atoms with Gasteiger partial charge in [-0.05, 0) is 31.0 Å². The average molecular weight is 493 g/mol. The van der Waals surface area contributed by atoms with E-state index in [2.05, 4.69) is 35.0 Å². The number of aromatic nitrogens is 4. The number of nitrogens with zero attached hydrogens (tertiary/aromatic N) is 4. The topological polar surface area (TPSA) is 160 Å². The lowest BCUT2D eigenvalue weighted by atomic mass is 10.2. The second-order valence-electron chi connectivity index (χ2n) is 7.39. The van der Waals surface area contributed by atoms with E-state index < -0.39 is 20.0 Å². The molecule has 0 aliphatic carbocycles. The molecule has 14 heteroatoms. The van der Waals surface area contributed by atoms with Crippen LogP contribution in [0.5, 0.6) is 0 Å². The van der Waals surface area contributed by atoms with Crippen LogP contribution in [0.15, 0.2) is 52.9 Å². The van der Waals surface area contributed by atoms with E-state index in [9.17, 15) is 16.8 Å². The highest BCUT2D eigenvalue weighted by Crippen LogP contribution is 2.21. The molecule has 0 spiro atoms. The lowest BCUT2D eigenvalue weighted by molar-refractivity contribution is 0.571. The number of aryl methyl sites for hydroxylation is 1. The Kier molecular flexibility index (Phi) is 6.60. The molecular weight excluding hydrogens is 468 g/mol. The van der Waals surface area contributed by atoms with Gasteiger partial charge in [-0.25, -0.2) is 36.2 Å². The minimum absolute atomic E-state index is 0.0758. The van der Waals surface area contributed by atoms with Gasteiger partial charge in [0.25, 0.3) is 10.0 Å². The van der Waals surface area contributed by atoms with Gasteiger partial charge in [0.1, 0.15) is 5.82 Å². The fraction of sp³-hybridized carbons (Fsp3) is 0.316. The Morgan fingerprint density at radius 3 is 2.85 bits per heavy atom. The predicted molar refractivity (Wildman–Crippen MR) is 122 cm³/mol. The Balaban J connectivity index is 1.53. The van der Waals surface area contributed by atoms with Gasteiger partial charge in [0.05, 0.1) is 17.4 Å². The number of benzene rings is 1. The van der Waals surface area contributed by atoms with Gasteiger partial charge >= 0.3 is 0 Å². The SMILES string of the molecule is Cn1cncc1S(=O)(=O)NCCc1cnc2nc1NCCCNS(=O)(=O)c1cccc(c1)N2. The molecule has 0 saturated heterocycles. The highest BCUT2D eigenvalue weighted by Gasteiger charge is 2.18. The van der Waals surface area contributed by atoms with Crippen LogP contribution in [0.1, 0.15) is 12.0 Å². The molecule has 2 aromatic heterocycles. The number of nitrogens with one attached hydrogen (secondary N) is 4. The van der Waals surface area contributed by atoms with Gasteiger partial charge in [-0.3, -0.25) is 0 Å². The van der Waals surface area contributed by atoms with Crippen molar-refractivity contribution >= 4 is 37.5 Å². The van der Waals surface area contributed by atoms with Gasteiger partial charge in [-0.1, -0.05) is 6.07 Å². The fourth-order valence-corrected chi connectivity index (χ4v) is 5.52. The molecule has 0 unspecified atom stereocenters. The first-order chi connectivity index (χ1) is 15.7. The van der Waals surface area contributed by atoms with Gasteiger partial charge in [-0.2, -0.15) is 4.98 Å². The molecule has 4 bridgehead atoms. The number of imidazole rings is 1. The molecule has 1 aliphatic rings. The average Bonchev–Trinajstić information content (AvgIpc) is 3.21. The van der Waals surface area contributed by atoms with E-state index in [-0.39, 0.29) is 23.0 Å². The summed E-state index contributed by atoms with van der Waals surface area (Å²) < 4.78 is 56.4. The zero-order valence-corrected chi connectivity index (χ0v) is 19.4. The lowest BCUT2D eigenvalue weighted by Crippen LogP contribution is -2.28. The van der Waals surface area contributed by atoms with Crippen molar-refractivity contribution in [1.82, 2.24) is 29.0 Å². The van der Waals surface area contributed by atoms with E-state index in [1.807, 2.05) is 0 Å². The van der Waals surface area contributed by atoms with Gasteiger partial charge in [-0.15, -0.1) is 0 Å². The molecule has 1 aromatic carbocycles. The largest absolute Gasteiger partial charge is 0.370 e. The molecule has 0 atom stereocenters.